The predicted octanol–water partition coefficient (Wildman–Crippen LogP) is 7.25. The molecule has 288 valence electrons. The van der Waals surface area contributed by atoms with E-state index in [1.165, 1.54) is 0 Å². The fourth-order valence-electron chi connectivity index (χ4n) is 8.34. The van der Waals surface area contributed by atoms with Crippen molar-refractivity contribution < 1.29 is 32.6 Å². The van der Waals surface area contributed by atoms with Gasteiger partial charge < -0.3 is 33.3 Å². The van der Waals surface area contributed by atoms with Crippen LogP contribution in [0.15, 0.2) is 36.8 Å². The zero-order valence-electron chi connectivity index (χ0n) is 31.5. The standard InChI is InChI=1S/C40H49F2N7O5/c1-25(50)46-16-9-33-32(23-46)38(44-49(33)27-10-18-52-19-11-27)48-13-5-6-26-20-29(31(37(41)42)21-34(26)48)30-22-36-43-12-17-47(36)24-35(30)53-28-7-14-45(15-8-28)39(51)54-40(2,3)4/h12,17,20-22,24,27-28,37H,5-11,13-16,18-19,23H2,1-4H3. The minimum atomic E-state index is -2.77. The molecule has 4 aliphatic rings. The Morgan fingerprint density at radius 1 is 0.963 bits per heavy atom. The Hall–Kier alpha value is -4.72. The van der Waals surface area contributed by atoms with Crippen molar-refractivity contribution in [3.63, 3.8) is 0 Å². The van der Waals surface area contributed by atoms with Crippen molar-refractivity contribution in [1.29, 1.82) is 0 Å². The molecule has 4 aliphatic heterocycles. The highest BCUT2D eigenvalue weighted by Crippen LogP contribution is 2.46. The van der Waals surface area contributed by atoms with Gasteiger partial charge in [-0.3, -0.25) is 9.48 Å². The fraction of sp³-hybridized carbons (Fsp3) is 0.550. The summed E-state index contributed by atoms with van der Waals surface area (Å²) >= 11 is 0. The molecule has 12 nitrogen and oxygen atoms in total. The van der Waals surface area contributed by atoms with Gasteiger partial charge in [0.15, 0.2) is 5.82 Å². The number of rotatable bonds is 6. The van der Waals surface area contributed by atoms with E-state index in [0.717, 1.165) is 54.0 Å². The van der Waals surface area contributed by atoms with Crippen LogP contribution in [0.5, 0.6) is 5.75 Å². The van der Waals surface area contributed by atoms with E-state index in [2.05, 4.69) is 14.6 Å². The lowest BCUT2D eigenvalue weighted by Gasteiger charge is -2.34. The van der Waals surface area contributed by atoms with Crippen LogP contribution in [0.2, 0.25) is 0 Å². The first-order chi connectivity index (χ1) is 25.9. The first kappa shape index (κ1) is 36.3. The molecule has 2 fully saturated rings. The predicted molar refractivity (Wildman–Crippen MR) is 198 cm³/mol. The number of aryl methyl sites for hydroxylation is 1. The van der Waals surface area contributed by atoms with Crippen molar-refractivity contribution in [1.82, 2.24) is 29.0 Å². The minimum Gasteiger partial charge on any atom is -0.488 e. The van der Waals surface area contributed by atoms with Crippen LogP contribution in [0.25, 0.3) is 16.8 Å². The molecule has 3 aromatic heterocycles. The van der Waals surface area contributed by atoms with E-state index >= 15 is 8.78 Å². The van der Waals surface area contributed by atoms with Crippen LogP contribution in [0, 0.1) is 0 Å². The summed E-state index contributed by atoms with van der Waals surface area (Å²) in [6.45, 7) is 11.1. The van der Waals surface area contributed by atoms with E-state index in [4.69, 9.17) is 19.3 Å². The molecule has 0 radical (unpaired) electrons. The SMILES string of the molecule is CC(=O)N1CCc2c(c(N3CCCc4cc(-c5cc6nccn6cc5OC5CCN(C(=O)OC(C)(C)C)CC5)c(C(F)F)cc43)nn2C2CCOCC2)C1. The molecular formula is C40H49F2N7O5. The van der Waals surface area contributed by atoms with E-state index in [1.807, 2.05) is 54.6 Å². The number of imidazole rings is 1. The number of hydrogen-bond donors (Lipinski definition) is 0. The van der Waals surface area contributed by atoms with Crippen LogP contribution < -0.4 is 9.64 Å². The van der Waals surface area contributed by atoms with Gasteiger partial charge in [0.2, 0.25) is 5.91 Å². The number of alkyl halides is 2. The number of piperidine rings is 1. The molecule has 0 spiro atoms. The maximum atomic E-state index is 15.3. The van der Waals surface area contributed by atoms with Gasteiger partial charge in [0.1, 0.15) is 23.1 Å². The van der Waals surface area contributed by atoms with Crippen LogP contribution in [0.1, 0.15) is 94.7 Å². The van der Waals surface area contributed by atoms with Gasteiger partial charge in [0.05, 0.1) is 18.8 Å². The summed E-state index contributed by atoms with van der Waals surface area (Å²) < 4.78 is 52.5. The van der Waals surface area contributed by atoms with Gasteiger partial charge in [-0.15, -0.1) is 0 Å². The highest BCUT2D eigenvalue weighted by Gasteiger charge is 2.35. The number of fused-ring (bicyclic) bond motifs is 3. The highest BCUT2D eigenvalue weighted by molar-refractivity contribution is 5.82. The summed E-state index contributed by atoms with van der Waals surface area (Å²) in [7, 11) is 0. The number of aromatic nitrogens is 4. The lowest BCUT2D eigenvalue weighted by Crippen LogP contribution is -2.44. The summed E-state index contributed by atoms with van der Waals surface area (Å²) in [5.41, 5.74) is 4.70. The molecular weight excluding hydrogens is 696 g/mol. The Morgan fingerprint density at radius 2 is 1.74 bits per heavy atom. The number of pyridine rings is 1. The molecule has 4 aromatic rings. The molecule has 0 N–H and O–H groups in total. The van der Waals surface area contributed by atoms with E-state index in [9.17, 15) is 9.59 Å². The van der Waals surface area contributed by atoms with Gasteiger partial charge in [-0.1, -0.05) is 0 Å². The number of benzene rings is 1. The van der Waals surface area contributed by atoms with E-state index in [-0.39, 0.29) is 29.7 Å². The number of amides is 2. The third kappa shape index (κ3) is 7.12. The zero-order valence-corrected chi connectivity index (χ0v) is 31.5. The Balaban J connectivity index is 1.15. The molecule has 2 amide bonds. The van der Waals surface area contributed by atoms with Gasteiger partial charge >= 0.3 is 6.09 Å². The first-order valence-corrected chi connectivity index (χ1v) is 19.2. The monoisotopic (exact) mass is 745 g/mol. The molecule has 14 heteroatoms. The summed E-state index contributed by atoms with van der Waals surface area (Å²) in [6, 6.07) is 5.55. The molecule has 2 saturated heterocycles. The van der Waals surface area contributed by atoms with Gasteiger partial charge in [0, 0.05) is 106 Å². The number of halogens is 2. The van der Waals surface area contributed by atoms with E-state index < -0.39 is 12.0 Å². The molecule has 0 bridgehead atoms. The molecule has 54 heavy (non-hydrogen) atoms. The smallest absolute Gasteiger partial charge is 0.410 e. The first-order valence-electron chi connectivity index (χ1n) is 19.2. The van der Waals surface area contributed by atoms with Crippen molar-refractivity contribution in [3.05, 3.63) is 59.2 Å². The minimum absolute atomic E-state index is 0.00940. The number of carbonyl (C=O) groups excluding carboxylic acids is 2. The number of likely N-dealkylation sites (tertiary alicyclic amines) is 1. The number of hydrogen-bond acceptors (Lipinski definition) is 8. The van der Waals surface area contributed by atoms with Crippen LogP contribution >= 0.6 is 0 Å². The van der Waals surface area contributed by atoms with Gasteiger partial charge in [0.25, 0.3) is 6.43 Å². The van der Waals surface area contributed by atoms with E-state index in [1.54, 1.807) is 24.1 Å². The average molecular weight is 746 g/mol. The Labute approximate surface area is 314 Å². The number of carbonyl (C=O) groups is 2. The lowest BCUT2D eigenvalue weighted by atomic mass is 9.91. The number of ether oxygens (including phenoxy) is 3. The molecule has 1 aromatic carbocycles. The van der Waals surface area contributed by atoms with Crippen LogP contribution in [0.4, 0.5) is 25.1 Å². The van der Waals surface area contributed by atoms with Crippen molar-refractivity contribution >= 4 is 29.2 Å². The lowest BCUT2D eigenvalue weighted by molar-refractivity contribution is -0.129. The maximum absolute atomic E-state index is 15.3. The molecule has 8 rings (SSSR count). The van der Waals surface area contributed by atoms with Crippen LogP contribution in [-0.2, 0) is 33.7 Å². The zero-order chi connectivity index (χ0) is 37.7. The summed E-state index contributed by atoms with van der Waals surface area (Å²) in [5, 5.41) is 5.23. The summed E-state index contributed by atoms with van der Waals surface area (Å²) in [5.74, 6) is 1.24. The molecule has 0 unspecified atom stereocenters. The second-order valence-electron chi connectivity index (χ2n) is 15.9. The normalized spacial score (nSPS) is 18.6. The average Bonchev–Trinajstić information content (AvgIpc) is 3.77. The Bertz CT molecular complexity index is 2040. The third-order valence-corrected chi connectivity index (χ3v) is 11.1. The Morgan fingerprint density at radius 3 is 2.46 bits per heavy atom. The second kappa shape index (κ2) is 14.5. The maximum Gasteiger partial charge on any atom is 0.410 e. The molecule has 7 heterocycles. The quantitative estimate of drug-likeness (QED) is 0.203. The van der Waals surface area contributed by atoms with Crippen molar-refractivity contribution in [2.24, 2.45) is 0 Å². The number of nitrogens with zero attached hydrogens (tertiary/aromatic N) is 7. The van der Waals surface area contributed by atoms with Crippen molar-refractivity contribution in [2.45, 2.75) is 103 Å². The topological polar surface area (TPSA) is 107 Å². The van der Waals surface area contributed by atoms with Crippen molar-refractivity contribution in [3.8, 4) is 16.9 Å². The van der Waals surface area contributed by atoms with Crippen LogP contribution in [-0.4, -0.2) is 92.1 Å². The fourth-order valence-corrected chi connectivity index (χ4v) is 8.34. The summed E-state index contributed by atoms with van der Waals surface area (Å²) in [6.07, 6.45) is 7.05. The molecule has 0 aliphatic carbocycles. The van der Waals surface area contributed by atoms with E-state index in [0.29, 0.717) is 87.7 Å². The summed E-state index contributed by atoms with van der Waals surface area (Å²) in [4.78, 5) is 35.4. The molecule has 0 atom stereocenters. The van der Waals surface area contributed by atoms with Gasteiger partial charge in [-0.2, -0.15) is 5.10 Å². The largest absolute Gasteiger partial charge is 0.488 e. The Kier molecular flexibility index (Phi) is 9.74. The second-order valence-corrected chi connectivity index (χ2v) is 15.9. The van der Waals surface area contributed by atoms with Crippen LogP contribution in [0.3, 0.4) is 0 Å². The number of anilines is 2. The molecule has 0 saturated carbocycles. The third-order valence-electron chi connectivity index (χ3n) is 11.1. The van der Waals surface area contributed by atoms with Crippen molar-refractivity contribution in [2.75, 3.05) is 44.3 Å². The highest BCUT2D eigenvalue weighted by atomic mass is 19.3. The van der Waals surface area contributed by atoms with Gasteiger partial charge in [-0.25, -0.2) is 18.6 Å². The van der Waals surface area contributed by atoms with Gasteiger partial charge in [-0.05, 0) is 75.8 Å².